The maximum Gasteiger partial charge on any atom is 0.291 e. The Balaban J connectivity index is 1.66. The van der Waals surface area contributed by atoms with Crippen molar-refractivity contribution < 1.29 is 4.79 Å². The first-order chi connectivity index (χ1) is 13.3. The summed E-state index contributed by atoms with van der Waals surface area (Å²) in [6.07, 6.45) is 3.00. The second kappa shape index (κ2) is 8.22. The van der Waals surface area contributed by atoms with Crippen molar-refractivity contribution in [3.63, 3.8) is 0 Å². The lowest BCUT2D eigenvalue weighted by atomic mass is 10.2. The van der Waals surface area contributed by atoms with E-state index < -0.39 is 0 Å². The van der Waals surface area contributed by atoms with Gasteiger partial charge in [-0.25, -0.2) is 14.6 Å². The second-order valence-electron chi connectivity index (χ2n) is 7.88. The number of aromatic nitrogens is 5. The van der Waals surface area contributed by atoms with Gasteiger partial charge in [-0.3, -0.25) is 4.79 Å². The fourth-order valence-electron chi connectivity index (χ4n) is 3.23. The summed E-state index contributed by atoms with van der Waals surface area (Å²) in [5, 5.41) is 11.9. The first kappa shape index (κ1) is 20.2. The van der Waals surface area contributed by atoms with Gasteiger partial charge < -0.3 is 15.1 Å². The topological polar surface area (TPSA) is 92.1 Å². The molecule has 9 heteroatoms. The summed E-state index contributed by atoms with van der Waals surface area (Å²) in [6, 6.07) is 0.651. The number of hydrogen-bond acceptors (Lipinski definition) is 7. The quantitative estimate of drug-likeness (QED) is 0.801. The van der Waals surface area contributed by atoms with E-state index in [0.717, 1.165) is 42.3 Å². The van der Waals surface area contributed by atoms with E-state index in [2.05, 4.69) is 44.3 Å². The minimum absolute atomic E-state index is 0.175. The van der Waals surface area contributed by atoms with Gasteiger partial charge in [-0.1, -0.05) is 5.21 Å². The zero-order chi connectivity index (χ0) is 20.4. The van der Waals surface area contributed by atoms with Crippen LogP contribution >= 0.6 is 0 Å². The Morgan fingerprint density at radius 1 is 1.32 bits per heavy atom. The van der Waals surface area contributed by atoms with Crippen LogP contribution in [-0.2, 0) is 6.54 Å². The van der Waals surface area contributed by atoms with Crippen LogP contribution in [0.15, 0.2) is 6.20 Å². The summed E-state index contributed by atoms with van der Waals surface area (Å²) in [4.78, 5) is 25.0. The normalized spacial score (nSPS) is 16.8. The van der Waals surface area contributed by atoms with Crippen LogP contribution in [0.25, 0.3) is 0 Å². The summed E-state index contributed by atoms with van der Waals surface area (Å²) >= 11 is 0. The second-order valence-corrected chi connectivity index (χ2v) is 7.88. The third-order valence-electron chi connectivity index (χ3n) is 5.11. The number of hydrogen-bond donors (Lipinski definition) is 1. The molecular formula is C19H30N8O. The van der Waals surface area contributed by atoms with Crippen molar-refractivity contribution in [1.82, 2.24) is 35.2 Å². The molecule has 0 aliphatic carbocycles. The molecule has 2 aromatic heterocycles. The monoisotopic (exact) mass is 386 g/mol. The van der Waals surface area contributed by atoms with E-state index in [1.165, 1.54) is 4.90 Å². The van der Waals surface area contributed by atoms with Crippen LogP contribution in [0.5, 0.6) is 0 Å². The van der Waals surface area contributed by atoms with Crippen molar-refractivity contribution in [3.05, 3.63) is 29.0 Å². The molecule has 28 heavy (non-hydrogen) atoms. The number of nitrogens with zero attached hydrogens (tertiary/aromatic N) is 7. The Morgan fingerprint density at radius 2 is 2.07 bits per heavy atom. The summed E-state index contributed by atoms with van der Waals surface area (Å²) in [7, 11) is 3.43. The van der Waals surface area contributed by atoms with E-state index in [9.17, 15) is 4.79 Å². The Kier molecular flexibility index (Phi) is 5.93. The molecule has 9 nitrogen and oxygen atoms in total. The Morgan fingerprint density at radius 3 is 2.71 bits per heavy atom. The van der Waals surface area contributed by atoms with Gasteiger partial charge in [-0.2, -0.15) is 0 Å². The lowest BCUT2D eigenvalue weighted by Gasteiger charge is -2.22. The highest BCUT2D eigenvalue weighted by Crippen LogP contribution is 2.24. The van der Waals surface area contributed by atoms with E-state index in [1.54, 1.807) is 14.1 Å². The molecule has 3 heterocycles. The van der Waals surface area contributed by atoms with Crippen LogP contribution in [0.4, 0.5) is 5.82 Å². The van der Waals surface area contributed by atoms with E-state index in [1.807, 2.05) is 24.7 Å². The molecule has 1 fully saturated rings. The molecule has 1 N–H and O–H groups in total. The molecule has 3 rings (SSSR count). The van der Waals surface area contributed by atoms with Crippen LogP contribution in [-0.4, -0.2) is 69.0 Å². The molecule has 0 spiro atoms. The standard InChI is InChI=1S/C19H30N8O/c1-12(2)27-11-16(23-24-27)9-20-15-7-8-26(10-15)18-13(3)14(4)21-17(22-18)19(28)25(5)6/h11-12,15,20H,7-10H2,1-6H3/t15-/m1/s1. The van der Waals surface area contributed by atoms with E-state index >= 15 is 0 Å². The average molecular weight is 387 g/mol. The average Bonchev–Trinajstić information content (AvgIpc) is 3.30. The molecule has 2 aromatic rings. The van der Waals surface area contributed by atoms with Crippen molar-refractivity contribution in [3.8, 4) is 0 Å². The van der Waals surface area contributed by atoms with Crippen LogP contribution in [0.1, 0.15) is 53.9 Å². The summed E-state index contributed by atoms with van der Waals surface area (Å²) in [6.45, 7) is 10.5. The smallest absolute Gasteiger partial charge is 0.291 e. The maximum atomic E-state index is 12.3. The van der Waals surface area contributed by atoms with Crippen LogP contribution in [0.2, 0.25) is 0 Å². The van der Waals surface area contributed by atoms with Crippen molar-refractivity contribution in [2.75, 3.05) is 32.1 Å². The largest absolute Gasteiger partial charge is 0.355 e. The van der Waals surface area contributed by atoms with Crippen molar-refractivity contribution >= 4 is 11.7 Å². The SMILES string of the molecule is Cc1nc(C(=O)N(C)C)nc(N2CC[C@@H](NCc3cn(C(C)C)nn3)C2)c1C. The summed E-state index contributed by atoms with van der Waals surface area (Å²) in [5.41, 5.74) is 2.81. The van der Waals surface area contributed by atoms with Gasteiger partial charge >= 0.3 is 0 Å². The first-order valence-corrected chi connectivity index (χ1v) is 9.72. The minimum Gasteiger partial charge on any atom is -0.355 e. The van der Waals surface area contributed by atoms with Gasteiger partial charge in [0.25, 0.3) is 5.91 Å². The number of carbonyl (C=O) groups excluding carboxylic acids is 1. The van der Waals surface area contributed by atoms with Gasteiger partial charge in [0.05, 0.1) is 11.9 Å². The Bertz CT molecular complexity index is 844. The predicted molar refractivity (Wildman–Crippen MR) is 107 cm³/mol. The minimum atomic E-state index is -0.175. The molecular weight excluding hydrogens is 356 g/mol. The van der Waals surface area contributed by atoms with E-state index in [-0.39, 0.29) is 11.7 Å². The van der Waals surface area contributed by atoms with Gasteiger partial charge in [0, 0.05) is 57.1 Å². The molecule has 1 saturated heterocycles. The maximum absolute atomic E-state index is 12.3. The molecule has 0 radical (unpaired) electrons. The molecule has 0 aromatic carbocycles. The predicted octanol–water partition coefficient (Wildman–Crippen LogP) is 1.34. The molecule has 1 amide bonds. The van der Waals surface area contributed by atoms with Gasteiger partial charge in [0.1, 0.15) is 5.82 Å². The fourth-order valence-corrected chi connectivity index (χ4v) is 3.23. The first-order valence-electron chi connectivity index (χ1n) is 9.72. The number of aryl methyl sites for hydroxylation is 1. The third kappa shape index (κ3) is 4.30. The molecule has 0 bridgehead atoms. The zero-order valence-electron chi connectivity index (χ0n) is 17.6. The van der Waals surface area contributed by atoms with Crippen LogP contribution in [0.3, 0.4) is 0 Å². The number of rotatable bonds is 6. The molecule has 1 aliphatic rings. The number of carbonyl (C=O) groups is 1. The van der Waals surface area contributed by atoms with Crippen LogP contribution in [0, 0.1) is 13.8 Å². The number of amides is 1. The lowest BCUT2D eigenvalue weighted by molar-refractivity contribution is 0.0815. The van der Waals surface area contributed by atoms with Crippen molar-refractivity contribution in [2.24, 2.45) is 0 Å². The van der Waals surface area contributed by atoms with Crippen LogP contribution < -0.4 is 10.2 Å². The number of nitrogens with one attached hydrogen (secondary N) is 1. The zero-order valence-corrected chi connectivity index (χ0v) is 17.6. The summed E-state index contributed by atoms with van der Waals surface area (Å²) in [5.74, 6) is 0.934. The Labute approximate surface area is 166 Å². The highest BCUT2D eigenvalue weighted by Gasteiger charge is 2.26. The molecule has 0 saturated carbocycles. The van der Waals surface area contributed by atoms with E-state index in [0.29, 0.717) is 18.6 Å². The van der Waals surface area contributed by atoms with Crippen molar-refractivity contribution in [1.29, 1.82) is 0 Å². The van der Waals surface area contributed by atoms with Gasteiger partial charge in [-0.05, 0) is 34.1 Å². The van der Waals surface area contributed by atoms with Crippen molar-refractivity contribution in [2.45, 2.75) is 52.7 Å². The van der Waals surface area contributed by atoms with Gasteiger partial charge in [0.15, 0.2) is 0 Å². The molecule has 152 valence electrons. The van der Waals surface area contributed by atoms with Gasteiger partial charge in [0.2, 0.25) is 5.82 Å². The molecule has 1 atom stereocenters. The highest BCUT2D eigenvalue weighted by atomic mass is 16.2. The third-order valence-corrected chi connectivity index (χ3v) is 5.11. The summed E-state index contributed by atoms with van der Waals surface area (Å²) < 4.78 is 1.87. The number of anilines is 1. The fraction of sp³-hybridized carbons (Fsp3) is 0.632. The molecule has 0 unspecified atom stereocenters. The lowest BCUT2D eigenvalue weighted by Crippen LogP contribution is -2.33. The van der Waals surface area contributed by atoms with E-state index in [4.69, 9.17) is 0 Å². The Hall–Kier alpha value is -2.55. The van der Waals surface area contributed by atoms with Gasteiger partial charge in [-0.15, -0.1) is 5.10 Å². The molecule has 1 aliphatic heterocycles. The highest BCUT2D eigenvalue weighted by molar-refractivity contribution is 5.90.